The number of benzene rings is 1. The fourth-order valence-electron chi connectivity index (χ4n) is 0.790. The summed E-state index contributed by atoms with van der Waals surface area (Å²) in [7, 11) is 0. The molecule has 0 radical (unpaired) electrons. The number of ether oxygens (including phenoxy) is 1. The van der Waals surface area contributed by atoms with Crippen molar-refractivity contribution in [1.82, 2.24) is 0 Å². The van der Waals surface area contributed by atoms with Gasteiger partial charge < -0.3 is 10.1 Å². The van der Waals surface area contributed by atoms with Crippen molar-refractivity contribution in [3.05, 3.63) is 55.1 Å². The van der Waals surface area contributed by atoms with E-state index in [4.69, 9.17) is 10.1 Å². The van der Waals surface area contributed by atoms with Gasteiger partial charge in [0, 0.05) is 6.21 Å². The summed E-state index contributed by atoms with van der Waals surface area (Å²) in [5.74, 6) is 0.899. The van der Waals surface area contributed by atoms with Crippen LogP contribution < -0.4 is 4.74 Å². The highest BCUT2D eigenvalue weighted by atomic mass is 16.5. The minimum absolute atomic E-state index is 0.572. The third-order valence-electron chi connectivity index (χ3n) is 1.51. The summed E-state index contributed by atoms with van der Waals surface area (Å²) in [5.41, 5.74) is 1.25. The van der Waals surface area contributed by atoms with Crippen LogP contribution in [0.15, 0.2) is 49.6 Å². The molecule has 1 rings (SSSR count). The van der Waals surface area contributed by atoms with E-state index in [0.29, 0.717) is 6.61 Å². The second-order valence-corrected chi connectivity index (χ2v) is 2.82. The third kappa shape index (κ3) is 7.26. The van der Waals surface area contributed by atoms with Crippen LogP contribution in [-0.4, -0.2) is 12.8 Å². The molecule has 80 valence electrons. The summed E-state index contributed by atoms with van der Waals surface area (Å²) in [5, 5.41) is 6.21. The lowest BCUT2D eigenvalue weighted by molar-refractivity contribution is 0.363. The minimum Gasteiger partial charge on any atom is -0.490 e. The zero-order valence-corrected chi connectivity index (χ0v) is 9.07. The van der Waals surface area contributed by atoms with E-state index in [1.807, 2.05) is 24.3 Å². The van der Waals surface area contributed by atoms with Gasteiger partial charge in [-0.3, -0.25) is 0 Å². The highest BCUT2D eigenvalue weighted by Gasteiger charge is 1.88. The van der Waals surface area contributed by atoms with Crippen molar-refractivity contribution in [3.8, 4) is 5.75 Å². The van der Waals surface area contributed by atoms with Crippen molar-refractivity contribution in [2.75, 3.05) is 6.61 Å². The summed E-state index contributed by atoms with van der Waals surface area (Å²) >= 11 is 0. The molecule has 2 heteroatoms. The molecule has 0 aliphatic heterocycles. The number of hydrogen-bond donors (Lipinski definition) is 1. The van der Waals surface area contributed by atoms with Crippen LogP contribution >= 0.6 is 0 Å². The van der Waals surface area contributed by atoms with Crippen LogP contribution in [0.1, 0.15) is 5.56 Å². The zero-order chi connectivity index (χ0) is 11.5. The molecule has 0 saturated carbocycles. The van der Waals surface area contributed by atoms with Crippen LogP contribution in [0.3, 0.4) is 0 Å². The Hall–Kier alpha value is -1.83. The van der Waals surface area contributed by atoms with Crippen LogP contribution in [0.4, 0.5) is 0 Å². The summed E-state index contributed by atoms with van der Waals surface area (Å²) < 4.78 is 5.29. The van der Waals surface area contributed by atoms with Gasteiger partial charge in [0.25, 0.3) is 0 Å². The fraction of sp³-hybridized carbons (Fsp3) is 0.154. The molecule has 0 aromatic heterocycles. The topological polar surface area (TPSA) is 33.1 Å². The van der Waals surface area contributed by atoms with E-state index in [-0.39, 0.29) is 0 Å². The average Bonchev–Trinajstić information content (AvgIpc) is 2.29. The molecule has 0 amide bonds. The summed E-state index contributed by atoms with van der Waals surface area (Å²) in [6.07, 6.45) is 4.29. The maximum absolute atomic E-state index is 6.21. The second kappa shape index (κ2) is 8.75. The molecule has 15 heavy (non-hydrogen) atoms. The van der Waals surface area contributed by atoms with Crippen molar-refractivity contribution in [3.63, 3.8) is 0 Å². The van der Waals surface area contributed by atoms with E-state index >= 15 is 0 Å². The zero-order valence-electron chi connectivity index (χ0n) is 9.07. The highest BCUT2D eigenvalue weighted by Crippen LogP contribution is 2.10. The molecule has 0 unspecified atom stereocenters. The number of allylic oxidation sites excluding steroid dienone is 1. The van der Waals surface area contributed by atoms with Crippen molar-refractivity contribution < 1.29 is 4.74 Å². The molecule has 0 fully saturated rings. The molecule has 0 saturated heterocycles. The van der Waals surface area contributed by atoms with E-state index in [1.165, 1.54) is 11.6 Å². The Labute approximate surface area is 91.4 Å². The van der Waals surface area contributed by atoms with Crippen LogP contribution in [0.2, 0.25) is 0 Å². The Kier molecular flexibility index (Phi) is 7.69. The maximum Gasteiger partial charge on any atom is 0.119 e. The molecule has 0 aliphatic carbocycles. The Balaban J connectivity index is 0.000000423. The molecular formula is C13H17NO. The van der Waals surface area contributed by atoms with Crippen LogP contribution in [-0.2, 0) is 0 Å². The minimum atomic E-state index is 0.572. The number of rotatable bonds is 4. The summed E-state index contributed by atoms with van der Waals surface area (Å²) in [4.78, 5) is 0. The predicted molar refractivity (Wildman–Crippen MR) is 65.9 cm³/mol. The van der Waals surface area contributed by atoms with E-state index in [0.717, 1.165) is 12.0 Å². The molecule has 0 heterocycles. The molecule has 0 atom stereocenters. The first-order valence-electron chi connectivity index (χ1n) is 4.66. The molecular weight excluding hydrogens is 186 g/mol. The van der Waals surface area contributed by atoms with Gasteiger partial charge >= 0.3 is 0 Å². The average molecular weight is 203 g/mol. The van der Waals surface area contributed by atoms with Gasteiger partial charge in [-0.2, -0.15) is 0 Å². The van der Waals surface area contributed by atoms with E-state index in [1.54, 1.807) is 6.08 Å². The van der Waals surface area contributed by atoms with E-state index in [9.17, 15) is 0 Å². The lowest BCUT2D eigenvalue weighted by Crippen LogP contribution is -1.91. The summed E-state index contributed by atoms with van der Waals surface area (Å²) in [6.45, 7) is 9.43. The monoisotopic (exact) mass is 203 g/mol. The molecule has 2 nitrogen and oxygen atoms in total. The van der Waals surface area contributed by atoms with Crippen LogP contribution in [0, 0.1) is 12.3 Å². The lowest BCUT2D eigenvalue weighted by Gasteiger charge is -2.01. The molecule has 1 N–H and O–H groups in total. The Morgan fingerprint density at radius 1 is 1.27 bits per heavy atom. The predicted octanol–water partition coefficient (Wildman–Crippen LogP) is 3.38. The van der Waals surface area contributed by atoms with Crippen LogP contribution in [0.5, 0.6) is 5.75 Å². The third-order valence-corrected chi connectivity index (χ3v) is 1.51. The molecule has 0 spiro atoms. The largest absolute Gasteiger partial charge is 0.490 e. The molecule has 1 aromatic rings. The maximum atomic E-state index is 6.21. The van der Waals surface area contributed by atoms with Gasteiger partial charge in [-0.15, -0.1) is 0 Å². The quantitative estimate of drug-likeness (QED) is 0.590. The summed E-state index contributed by atoms with van der Waals surface area (Å²) in [6, 6.07) is 7.97. The fourth-order valence-corrected chi connectivity index (χ4v) is 0.790. The van der Waals surface area contributed by atoms with Gasteiger partial charge in [0.15, 0.2) is 0 Å². The normalized spacial score (nSPS) is 8.07. The molecule has 1 aromatic carbocycles. The smallest absolute Gasteiger partial charge is 0.119 e. The first kappa shape index (κ1) is 13.2. The van der Waals surface area contributed by atoms with Crippen molar-refractivity contribution >= 4 is 6.21 Å². The Morgan fingerprint density at radius 2 is 1.80 bits per heavy atom. The van der Waals surface area contributed by atoms with Crippen molar-refractivity contribution in [1.29, 1.82) is 5.41 Å². The second-order valence-electron chi connectivity index (χ2n) is 2.82. The first-order chi connectivity index (χ1) is 7.24. The lowest BCUT2D eigenvalue weighted by atomic mass is 10.2. The Bertz CT molecular complexity index is 295. The van der Waals surface area contributed by atoms with Gasteiger partial charge in [0.1, 0.15) is 12.4 Å². The van der Waals surface area contributed by atoms with Crippen molar-refractivity contribution in [2.24, 2.45) is 0 Å². The van der Waals surface area contributed by atoms with Gasteiger partial charge in [-0.1, -0.05) is 43.0 Å². The van der Waals surface area contributed by atoms with Gasteiger partial charge in [0.2, 0.25) is 0 Å². The van der Waals surface area contributed by atoms with E-state index in [2.05, 4.69) is 20.1 Å². The molecule has 0 aliphatic rings. The SMILES string of the molecule is C=CC=N.C=CCOc1ccc(C)cc1. The number of aryl methyl sites for hydroxylation is 1. The van der Waals surface area contributed by atoms with Gasteiger partial charge in [-0.05, 0) is 19.1 Å². The number of hydrogen-bond acceptors (Lipinski definition) is 2. The standard InChI is InChI=1S/C10H12O.C3H5N/c1-3-8-11-10-6-4-9(2)5-7-10;1-2-3-4/h3-7H,1,8H2,2H3;2-4H,1H2. The van der Waals surface area contributed by atoms with Gasteiger partial charge in [-0.25, -0.2) is 0 Å². The highest BCUT2D eigenvalue weighted by molar-refractivity contribution is 5.66. The van der Waals surface area contributed by atoms with Crippen molar-refractivity contribution in [2.45, 2.75) is 6.92 Å². The van der Waals surface area contributed by atoms with Crippen LogP contribution in [0.25, 0.3) is 0 Å². The number of nitrogens with one attached hydrogen (secondary N) is 1. The Morgan fingerprint density at radius 3 is 2.20 bits per heavy atom. The van der Waals surface area contributed by atoms with E-state index < -0.39 is 0 Å². The molecule has 0 bridgehead atoms. The van der Waals surface area contributed by atoms with Gasteiger partial charge in [0.05, 0.1) is 0 Å². The first-order valence-corrected chi connectivity index (χ1v) is 4.66.